The lowest BCUT2D eigenvalue weighted by Crippen LogP contribution is -2.05. The predicted octanol–water partition coefficient (Wildman–Crippen LogP) is 4.35. The van der Waals surface area contributed by atoms with E-state index in [0.29, 0.717) is 17.4 Å². The summed E-state index contributed by atoms with van der Waals surface area (Å²) in [6, 6.07) is 6.59. The van der Waals surface area contributed by atoms with Crippen LogP contribution in [-0.2, 0) is 6.54 Å². The largest absolute Gasteiger partial charge is 0.452 e. The van der Waals surface area contributed by atoms with E-state index in [9.17, 15) is 8.78 Å². The number of nitrogen functional groups attached to an aromatic ring is 1. The quantitative estimate of drug-likeness (QED) is 0.728. The first-order valence-corrected chi connectivity index (χ1v) is 7.32. The summed E-state index contributed by atoms with van der Waals surface area (Å²) in [5.41, 5.74) is 7.27. The monoisotopic (exact) mass is 317 g/mol. The van der Waals surface area contributed by atoms with Gasteiger partial charge in [0.05, 0.1) is 17.4 Å². The number of rotatable bonds is 4. The second-order valence-electron chi connectivity index (χ2n) is 5.85. The maximum absolute atomic E-state index is 13.7. The van der Waals surface area contributed by atoms with Crippen molar-refractivity contribution in [1.29, 1.82) is 0 Å². The Kier molecular flexibility index (Phi) is 3.90. The molecule has 1 heterocycles. The van der Waals surface area contributed by atoms with Crippen LogP contribution in [-0.4, -0.2) is 9.78 Å². The lowest BCUT2D eigenvalue weighted by atomic mass is 10.2. The van der Waals surface area contributed by atoms with Gasteiger partial charge in [-0.25, -0.2) is 8.78 Å². The van der Waals surface area contributed by atoms with Crippen molar-refractivity contribution in [3.05, 3.63) is 48.2 Å². The van der Waals surface area contributed by atoms with Crippen LogP contribution >= 0.6 is 0 Å². The molecule has 2 N–H and O–H groups in total. The third kappa shape index (κ3) is 3.11. The molecule has 3 rings (SSSR count). The molecule has 2 aromatic carbocycles. The number of hydrogen-bond acceptors (Lipinski definition) is 3. The molecule has 0 aliphatic heterocycles. The van der Waals surface area contributed by atoms with Crippen LogP contribution in [0.4, 0.5) is 14.5 Å². The standard InChI is InChI=1S/C17H17F2N3O/c1-10(2)9-22-15-7-14(20)17(5-11(15)8-21-22)23-16-4-3-12(18)6-13(16)19/h3-8,10H,9,20H2,1-2H3. The molecule has 1 aromatic heterocycles. The normalized spacial score (nSPS) is 11.3. The Bertz CT molecular complexity index is 858. The Morgan fingerprint density at radius 3 is 2.65 bits per heavy atom. The average Bonchev–Trinajstić information content (AvgIpc) is 2.84. The second-order valence-corrected chi connectivity index (χ2v) is 5.85. The van der Waals surface area contributed by atoms with Gasteiger partial charge in [-0.15, -0.1) is 0 Å². The zero-order valence-electron chi connectivity index (χ0n) is 12.9. The topological polar surface area (TPSA) is 53.1 Å². The Morgan fingerprint density at radius 1 is 1.17 bits per heavy atom. The van der Waals surface area contributed by atoms with Gasteiger partial charge in [-0.2, -0.15) is 5.10 Å². The molecule has 0 atom stereocenters. The van der Waals surface area contributed by atoms with Gasteiger partial charge in [0, 0.05) is 18.0 Å². The summed E-state index contributed by atoms with van der Waals surface area (Å²) < 4.78 is 34.0. The van der Waals surface area contributed by atoms with Gasteiger partial charge >= 0.3 is 0 Å². The maximum atomic E-state index is 13.7. The van der Waals surface area contributed by atoms with Gasteiger partial charge in [0.1, 0.15) is 5.82 Å². The van der Waals surface area contributed by atoms with Crippen LogP contribution in [0.3, 0.4) is 0 Å². The summed E-state index contributed by atoms with van der Waals surface area (Å²) in [5.74, 6) is -0.754. The second kappa shape index (κ2) is 5.87. The minimum Gasteiger partial charge on any atom is -0.452 e. The molecule has 0 bridgehead atoms. The van der Waals surface area contributed by atoms with E-state index in [1.54, 1.807) is 18.3 Å². The molecule has 120 valence electrons. The highest BCUT2D eigenvalue weighted by Gasteiger charge is 2.12. The van der Waals surface area contributed by atoms with E-state index in [2.05, 4.69) is 18.9 Å². The molecule has 0 spiro atoms. The predicted molar refractivity (Wildman–Crippen MR) is 85.4 cm³/mol. The van der Waals surface area contributed by atoms with E-state index < -0.39 is 11.6 Å². The molecule has 0 aliphatic carbocycles. The van der Waals surface area contributed by atoms with E-state index in [1.165, 1.54) is 6.07 Å². The van der Waals surface area contributed by atoms with Crippen molar-refractivity contribution < 1.29 is 13.5 Å². The highest BCUT2D eigenvalue weighted by atomic mass is 19.1. The van der Waals surface area contributed by atoms with E-state index in [1.807, 2.05) is 4.68 Å². The molecule has 0 fully saturated rings. The molecule has 0 amide bonds. The first-order valence-electron chi connectivity index (χ1n) is 7.32. The fraction of sp³-hybridized carbons (Fsp3) is 0.235. The van der Waals surface area contributed by atoms with Crippen molar-refractivity contribution in [2.75, 3.05) is 5.73 Å². The Balaban J connectivity index is 1.97. The van der Waals surface area contributed by atoms with Gasteiger partial charge < -0.3 is 10.5 Å². The average molecular weight is 317 g/mol. The Hall–Kier alpha value is -2.63. The van der Waals surface area contributed by atoms with Gasteiger partial charge in [0.2, 0.25) is 0 Å². The van der Waals surface area contributed by atoms with Crippen molar-refractivity contribution in [2.24, 2.45) is 5.92 Å². The molecule has 23 heavy (non-hydrogen) atoms. The summed E-state index contributed by atoms with van der Waals surface area (Å²) in [6.45, 7) is 4.98. The van der Waals surface area contributed by atoms with Gasteiger partial charge in [0.15, 0.2) is 17.3 Å². The summed E-state index contributed by atoms with van der Waals surface area (Å²) in [7, 11) is 0. The number of anilines is 1. The lowest BCUT2D eigenvalue weighted by Gasteiger charge is -2.11. The smallest absolute Gasteiger partial charge is 0.168 e. The summed E-state index contributed by atoms with van der Waals surface area (Å²) in [4.78, 5) is 0. The van der Waals surface area contributed by atoms with Crippen LogP contribution in [0, 0.1) is 17.6 Å². The highest BCUT2D eigenvalue weighted by molar-refractivity contribution is 5.85. The summed E-state index contributed by atoms with van der Waals surface area (Å²) in [5, 5.41) is 5.18. The van der Waals surface area contributed by atoms with Gasteiger partial charge in [-0.1, -0.05) is 13.8 Å². The first kappa shape index (κ1) is 15.3. The zero-order valence-corrected chi connectivity index (χ0v) is 12.9. The van der Waals surface area contributed by atoms with E-state index >= 15 is 0 Å². The maximum Gasteiger partial charge on any atom is 0.168 e. The fourth-order valence-corrected chi connectivity index (χ4v) is 2.38. The van der Waals surface area contributed by atoms with E-state index in [-0.39, 0.29) is 5.75 Å². The SMILES string of the molecule is CC(C)Cn1ncc2cc(Oc3ccc(F)cc3F)c(N)cc21. The molecule has 4 nitrogen and oxygen atoms in total. The molecular formula is C17H17F2N3O. The third-order valence-corrected chi connectivity index (χ3v) is 3.43. The molecule has 3 aromatic rings. The van der Waals surface area contributed by atoms with Gasteiger partial charge in [0.25, 0.3) is 0 Å². The fourth-order valence-electron chi connectivity index (χ4n) is 2.38. The highest BCUT2D eigenvalue weighted by Crippen LogP contribution is 2.33. The molecular weight excluding hydrogens is 300 g/mol. The van der Waals surface area contributed by atoms with Crippen LogP contribution in [0.2, 0.25) is 0 Å². The molecule has 0 saturated heterocycles. The van der Waals surface area contributed by atoms with Crippen molar-refractivity contribution in [1.82, 2.24) is 9.78 Å². The lowest BCUT2D eigenvalue weighted by molar-refractivity contribution is 0.440. The van der Waals surface area contributed by atoms with Crippen LogP contribution in [0.5, 0.6) is 11.5 Å². The van der Waals surface area contributed by atoms with Gasteiger partial charge in [-0.05, 0) is 30.2 Å². The minimum atomic E-state index is -0.778. The minimum absolute atomic E-state index is 0.0768. The van der Waals surface area contributed by atoms with Crippen LogP contribution in [0.1, 0.15) is 13.8 Å². The molecule has 0 unspecified atom stereocenters. The van der Waals surface area contributed by atoms with E-state index in [4.69, 9.17) is 10.5 Å². The Morgan fingerprint density at radius 2 is 1.96 bits per heavy atom. The van der Waals surface area contributed by atoms with Crippen LogP contribution in [0.25, 0.3) is 10.9 Å². The Labute approximate surface area is 132 Å². The van der Waals surface area contributed by atoms with Crippen molar-refractivity contribution >= 4 is 16.6 Å². The zero-order chi connectivity index (χ0) is 16.6. The molecule has 0 aliphatic rings. The summed E-state index contributed by atoms with van der Waals surface area (Å²) >= 11 is 0. The first-order chi connectivity index (χ1) is 10.9. The van der Waals surface area contributed by atoms with Crippen molar-refractivity contribution in [3.8, 4) is 11.5 Å². The van der Waals surface area contributed by atoms with Gasteiger partial charge in [-0.3, -0.25) is 4.68 Å². The number of nitrogens with zero attached hydrogens (tertiary/aromatic N) is 2. The molecule has 0 saturated carbocycles. The number of aromatic nitrogens is 2. The molecule has 6 heteroatoms. The number of halogens is 2. The number of fused-ring (bicyclic) bond motifs is 1. The van der Waals surface area contributed by atoms with E-state index in [0.717, 1.165) is 29.6 Å². The number of benzene rings is 2. The number of ether oxygens (including phenoxy) is 1. The third-order valence-electron chi connectivity index (χ3n) is 3.43. The summed E-state index contributed by atoms with van der Waals surface area (Å²) in [6.07, 6.45) is 1.71. The van der Waals surface area contributed by atoms with Crippen LogP contribution < -0.4 is 10.5 Å². The number of nitrogens with two attached hydrogens (primary N) is 1. The number of hydrogen-bond donors (Lipinski definition) is 1. The van der Waals surface area contributed by atoms with Crippen molar-refractivity contribution in [2.45, 2.75) is 20.4 Å². The van der Waals surface area contributed by atoms with Crippen molar-refractivity contribution in [3.63, 3.8) is 0 Å². The molecule has 0 radical (unpaired) electrons. The van der Waals surface area contributed by atoms with Crippen LogP contribution in [0.15, 0.2) is 36.5 Å².